The van der Waals surface area contributed by atoms with Gasteiger partial charge in [0.25, 0.3) is 5.91 Å². The minimum Gasteiger partial charge on any atom is -0.389 e. The molecule has 1 amide bonds. The van der Waals surface area contributed by atoms with Gasteiger partial charge in [-0.05, 0) is 36.8 Å². The summed E-state index contributed by atoms with van der Waals surface area (Å²) in [6, 6.07) is 2.04. The predicted octanol–water partition coefficient (Wildman–Crippen LogP) is 1.95. The van der Waals surface area contributed by atoms with Crippen LogP contribution in [0.5, 0.6) is 0 Å². The zero-order valence-electron chi connectivity index (χ0n) is 12.4. The molecule has 1 aromatic heterocycles. The summed E-state index contributed by atoms with van der Waals surface area (Å²) in [5, 5.41) is 9.70. The molecule has 1 aromatic rings. The van der Waals surface area contributed by atoms with Crippen molar-refractivity contribution < 1.29 is 14.6 Å². The van der Waals surface area contributed by atoms with Crippen molar-refractivity contribution in [2.24, 2.45) is 5.92 Å². The lowest BCUT2D eigenvalue weighted by Gasteiger charge is -2.19. The number of likely N-dealkylation sites (N-methyl/N-ethyl adjacent to an activating group) is 1. The highest BCUT2D eigenvalue weighted by Crippen LogP contribution is 2.32. The van der Waals surface area contributed by atoms with Crippen molar-refractivity contribution in [2.75, 3.05) is 27.3 Å². The van der Waals surface area contributed by atoms with Gasteiger partial charge in [-0.1, -0.05) is 6.92 Å². The number of hydrogen-bond acceptors (Lipinski definition) is 4. The van der Waals surface area contributed by atoms with Crippen LogP contribution in [0, 0.1) is 5.92 Å². The minimum atomic E-state index is -0.636. The Labute approximate surface area is 124 Å². The number of thiophene rings is 1. The van der Waals surface area contributed by atoms with Gasteiger partial charge < -0.3 is 14.7 Å². The molecule has 1 aliphatic rings. The van der Waals surface area contributed by atoms with Crippen molar-refractivity contribution in [1.29, 1.82) is 0 Å². The fourth-order valence-electron chi connectivity index (χ4n) is 2.64. The maximum absolute atomic E-state index is 12.4. The first-order valence-corrected chi connectivity index (χ1v) is 7.87. The van der Waals surface area contributed by atoms with Crippen LogP contribution in [0.3, 0.4) is 0 Å². The summed E-state index contributed by atoms with van der Waals surface area (Å²) in [5.74, 6) is 0.702. The van der Waals surface area contributed by atoms with Crippen LogP contribution in [-0.2, 0) is 17.6 Å². The number of carbonyl (C=O) groups excluding carboxylic acids is 1. The summed E-state index contributed by atoms with van der Waals surface area (Å²) in [4.78, 5) is 16.1. The third-order valence-electron chi connectivity index (χ3n) is 3.73. The third kappa shape index (κ3) is 3.59. The first-order valence-electron chi connectivity index (χ1n) is 7.05. The van der Waals surface area contributed by atoms with Gasteiger partial charge in [0.05, 0.1) is 17.6 Å². The zero-order chi connectivity index (χ0) is 14.7. The van der Waals surface area contributed by atoms with Crippen LogP contribution in [0.25, 0.3) is 0 Å². The zero-order valence-corrected chi connectivity index (χ0v) is 13.2. The number of amides is 1. The molecule has 0 saturated carbocycles. The van der Waals surface area contributed by atoms with Gasteiger partial charge >= 0.3 is 0 Å². The molecule has 1 heterocycles. The molecule has 1 N–H and O–H groups in total. The van der Waals surface area contributed by atoms with E-state index >= 15 is 0 Å². The number of methoxy groups -OCH3 is 1. The molecule has 112 valence electrons. The number of carbonyl (C=O) groups is 1. The maximum Gasteiger partial charge on any atom is 0.263 e. The molecular formula is C15H23NO3S. The summed E-state index contributed by atoms with van der Waals surface area (Å²) in [7, 11) is 3.27. The first kappa shape index (κ1) is 15.5. The topological polar surface area (TPSA) is 49.8 Å². The lowest BCUT2D eigenvalue weighted by molar-refractivity contribution is 0.0382. The van der Waals surface area contributed by atoms with Crippen molar-refractivity contribution in [3.8, 4) is 0 Å². The van der Waals surface area contributed by atoms with Gasteiger partial charge in [0, 0.05) is 25.6 Å². The first-order chi connectivity index (χ1) is 9.51. The summed E-state index contributed by atoms with van der Waals surface area (Å²) >= 11 is 1.61. The normalized spacial score (nSPS) is 19.5. The average Bonchev–Trinajstić information content (AvgIpc) is 2.80. The Morgan fingerprint density at radius 2 is 2.40 bits per heavy atom. The van der Waals surface area contributed by atoms with E-state index in [2.05, 4.69) is 6.92 Å². The third-order valence-corrected chi connectivity index (χ3v) is 4.96. The maximum atomic E-state index is 12.4. The second kappa shape index (κ2) is 6.70. The van der Waals surface area contributed by atoms with Gasteiger partial charge in [-0.3, -0.25) is 4.79 Å². The van der Waals surface area contributed by atoms with E-state index in [-0.39, 0.29) is 12.5 Å². The predicted molar refractivity (Wildman–Crippen MR) is 80.4 cm³/mol. The number of aliphatic hydroxyl groups excluding tert-OH is 1. The molecule has 0 saturated heterocycles. The quantitative estimate of drug-likeness (QED) is 0.904. The Balaban J connectivity index is 2.02. The molecule has 20 heavy (non-hydrogen) atoms. The lowest BCUT2D eigenvalue weighted by atomic mass is 9.90. The van der Waals surface area contributed by atoms with Gasteiger partial charge in [-0.2, -0.15) is 0 Å². The van der Waals surface area contributed by atoms with E-state index in [4.69, 9.17) is 4.74 Å². The van der Waals surface area contributed by atoms with E-state index in [1.807, 2.05) is 6.07 Å². The fourth-order valence-corrected chi connectivity index (χ4v) is 3.85. The number of aliphatic hydroxyl groups is 1. The molecule has 0 fully saturated rings. The Bertz CT molecular complexity index is 472. The van der Waals surface area contributed by atoms with Crippen LogP contribution in [-0.4, -0.2) is 49.3 Å². The molecule has 5 heteroatoms. The molecule has 2 atom stereocenters. The monoisotopic (exact) mass is 297 g/mol. The minimum absolute atomic E-state index is 0.00722. The van der Waals surface area contributed by atoms with E-state index in [0.29, 0.717) is 12.5 Å². The van der Waals surface area contributed by atoms with Crippen molar-refractivity contribution in [2.45, 2.75) is 32.3 Å². The molecule has 0 radical (unpaired) electrons. The molecule has 0 aliphatic heterocycles. The SMILES string of the molecule is COC[C@H](O)CN(C)C(=O)c1cc2c(s1)CC[C@@H](C)C2. The highest BCUT2D eigenvalue weighted by molar-refractivity contribution is 7.14. The van der Waals surface area contributed by atoms with Crippen LogP contribution in [0.2, 0.25) is 0 Å². The summed E-state index contributed by atoms with van der Waals surface area (Å²) in [6.07, 6.45) is 2.74. The van der Waals surface area contributed by atoms with Gasteiger partial charge in [0.15, 0.2) is 0 Å². The second-order valence-electron chi connectivity index (χ2n) is 5.70. The van der Waals surface area contributed by atoms with E-state index in [9.17, 15) is 9.90 Å². The van der Waals surface area contributed by atoms with Crippen LogP contribution < -0.4 is 0 Å². The number of rotatable bonds is 5. The molecule has 0 unspecified atom stereocenters. The Kier molecular flexibility index (Phi) is 5.18. The number of fused-ring (bicyclic) bond motifs is 1. The molecular weight excluding hydrogens is 274 g/mol. The summed E-state index contributed by atoms with van der Waals surface area (Å²) in [5.41, 5.74) is 1.34. The largest absolute Gasteiger partial charge is 0.389 e. The number of hydrogen-bond donors (Lipinski definition) is 1. The lowest BCUT2D eigenvalue weighted by Crippen LogP contribution is -2.35. The molecule has 0 spiro atoms. The van der Waals surface area contributed by atoms with Crippen molar-refractivity contribution >= 4 is 17.2 Å². The summed E-state index contributed by atoms with van der Waals surface area (Å²) in [6.45, 7) is 2.80. The standard InChI is InChI=1S/C15H23NO3S/c1-10-4-5-13-11(6-10)7-14(20-13)15(18)16(2)8-12(17)9-19-3/h7,10,12,17H,4-6,8-9H2,1-3H3/t10-,12-/m1/s1. The molecule has 0 bridgehead atoms. The Morgan fingerprint density at radius 1 is 1.65 bits per heavy atom. The Hall–Kier alpha value is -0.910. The van der Waals surface area contributed by atoms with Crippen LogP contribution in [0.4, 0.5) is 0 Å². The highest BCUT2D eigenvalue weighted by Gasteiger charge is 2.23. The van der Waals surface area contributed by atoms with Gasteiger partial charge in [-0.15, -0.1) is 11.3 Å². The van der Waals surface area contributed by atoms with Crippen molar-refractivity contribution in [1.82, 2.24) is 4.90 Å². The summed E-state index contributed by atoms with van der Waals surface area (Å²) < 4.78 is 4.88. The number of nitrogens with zero attached hydrogens (tertiary/aromatic N) is 1. The van der Waals surface area contributed by atoms with Gasteiger partial charge in [0.1, 0.15) is 0 Å². The highest BCUT2D eigenvalue weighted by atomic mass is 32.1. The molecule has 4 nitrogen and oxygen atoms in total. The smallest absolute Gasteiger partial charge is 0.263 e. The fraction of sp³-hybridized carbons (Fsp3) is 0.667. The Morgan fingerprint density at radius 3 is 3.10 bits per heavy atom. The van der Waals surface area contributed by atoms with Gasteiger partial charge in [-0.25, -0.2) is 0 Å². The molecule has 2 rings (SSSR count). The second-order valence-corrected chi connectivity index (χ2v) is 6.84. The van der Waals surface area contributed by atoms with Crippen LogP contribution in [0.1, 0.15) is 33.5 Å². The number of ether oxygens (including phenoxy) is 1. The average molecular weight is 297 g/mol. The van der Waals surface area contributed by atoms with E-state index in [0.717, 1.165) is 17.7 Å². The molecule has 0 aromatic carbocycles. The van der Waals surface area contributed by atoms with Crippen LogP contribution >= 0.6 is 11.3 Å². The van der Waals surface area contributed by atoms with E-state index in [1.165, 1.54) is 16.9 Å². The molecule has 1 aliphatic carbocycles. The van der Waals surface area contributed by atoms with E-state index < -0.39 is 6.10 Å². The number of aryl methyl sites for hydroxylation is 1. The van der Waals surface area contributed by atoms with Crippen molar-refractivity contribution in [3.63, 3.8) is 0 Å². The van der Waals surface area contributed by atoms with Crippen molar-refractivity contribution in [3.05, 3.63) is 21.4 Å². The van der Waals surface area contributed by atoms with Crippen LogP contribution in [0.15, 0.2) is 6.07 Å². The van der Waals surface area contributed by atoms with Gasteiger partial charge in [0.2, 0.25) is 0 Å². The van der Waals surface area contributed by atoms with E-state index in [1.54, 1.807) is 30.4 Å².